The lowest BCUT2D eigenvalue weighted by Crippen LogP contribution is -2.59. The van der Waals surface area contributed by atoms with Crippen LogP contribution in [0.2, 0.25) is 18.1 Å². The summed E-state index contributed by atoms with van der Waals surface area (Å²) in [6, 6.07) is 9.74. The SMILES string of the molecule is CC[C@@]12CCC(C(=O)OC(C)(C)C)C(=O)N1[C@@H](CO[Si](C)(C)C(C)(C)C)[C@H](c1ccccc1)O2. The zero-order valence-electron chi connectivity index (χ0n) is 22.4. The lowest BCUT2D eigenvalue weighted by Gasteiger charge is -2.45. The molecular weight excluding hydrogens is 446 g/mol. The quantitative estimate of drug-likeness (QED) is 0.286. The molecule has 1 aromatic rings. The summed E-state index contributed by atoms with van der Waals surface area (Å²) in [6.07, 6.45) is 1.36. The fourth-order valence-corrected chi connectivity index (χ4v) is 5.66. The molecule has 4 atom stereocenters. The molecule has 6 nitrogen and oxygen atoms in total. The Morgan fingerprint density at radius 3 is 2.29 bits per heavy atom. The van der Waals surface area contributed by atoms with Crippen LogP contribution in [0.15, 0.2) is 30.3 Å². The molecule has 0 aromatic heterocycles. The summed E-state index contributed by atoms with van der Waals surface area (Å²) in [5.41, 5.74) is -0.358. The van der Waals surface area contributed by atoms with Crippen LogP contribution < -0.4 is 0 Å². The van der Waals surface area contributed by atoms with Crippen LogP contribution in [0.25, 0.3) is 0 Å². The number of rotatable bonds is 6. The van der Waals surface area contributed by atoms with Gasteiger partial charge in [-0.25, -0.2) is 0 Å². The maximum atomic E-state index is 13.9. The topological polar surface area (TPSA) is 65.1 Å². The third-order valence-corrected chi connectivity index (χ3v) is 12.1. The van der Waals surface area contributed by atoms with Crippen LogP contribution in [0.1, 0.15) is 79.4 Å². The van der Waals surface area contributed by atoms with Crippen LogP contribution in [0, 0.1) is 5.92 Å². The van der Waals surface area contributed by atoms with Gasteiger partial charge in [0.25, 0.3) is 0 Å². The van der Waals surface area contributed by atoms with Crippen molar-refractivity contribution in [2.75, 3.05) is 6.61 Å². The fourth-order valence-electron chi connectivity index (χ4n) is 4.64. The zero-order valence-corrected chi connectivity index (χ0v) is 23.4. The van der Waals surface area contributed by atoms with E-state index in [1.807, 2.05) is 62.9 Å². The van der Waals surface area contributed by atoms with Crippen molar-refractivity contribution in [1.29, 1.82) is 0 Å². The highest BCUT2D eigenvalue weighted by Crippen LogP contribution is 2.50. The third-order valence-electron chi connectivity index (χ3n) is 7.62. The summed E-state index contributed by atoms with van der Waals surface area (Å²) in [5, 5.41) is 0.0432. The molecular formula is C27H43NO5Si. The molecule has 7 heteroatoms. The van der Waals surface area contributed by atoms with E-state index in [2.05, 4.69) is 33.9 Å². The van der Waals surface area contributed by atoms with Crippen LogP contribution in [-0.4, -0.2) is 49.1 Å². The fraction of sp³-hybridized carbons (Fsp3) is 0.704. The molecule has 34 heavy (non-hydrogen) atoms. The molecule has 2 heterocycles. The minimum atomic E-state index is -2.07. The van der Waals surface area contributed by atoms with Gasteiger partial charge >= 0.3 is 5.97 Å². The number of ether oxygens (including phenoxy) is 2. The van der Waals surface area contributed by atoms with Crippen LogP contribution >= 0.6 is 0 Å². The molecule has 2 aliphatic heterocycles. The van der Waals surface area contributed by atoms with Crippen LogP contribution in [-0.2, 0) is 23.5 Å². The number of hydrogen-bond donors (Lipinski definition) is 0. The molecule has 2 fully saturated rings. The summed E-state index contributed by atoms with van der Waals surface area (Å²) < 4.78 is 19.0. The summed E-state index contributed by atoms with van der Waals surface area (Å²) in [5.74, 6) is -1.47. The molecule has 3 rings (SSSR count). The van der Waals surface area contributed by atoms with E-state index in [-0.39, 0.29) is 23.1 Å². The first kappa shape index (κ1) is 26.9. The van der Waals surface area contributed by atoms with E-state index in [0.717, 1.165) is 5.56 Å². The Labute approximate surface area is 206 Å². The van der Waals surface area contributed by atoms with Gasteiger partial charge in [-0.2, -0.15) is 0 Å². The molecule has 0 saturated carbocycles. The van der Waals surface area contributed by atoms with E-state index >= 15 is 0 Å². The van der Waals surface area contributed by atoms with Gasteiger partial charge in [0.05, 0.1) is 12.6 Å². The second-order valence-corrected chi connectivity index (χ2v) is 17.0. The Bertz CT molecular complexity index is 889. The van der Waals surface area contributed by atoms with Gasteiger partial charge in [-0.3, -0.25) is 9.59 Å². The van der Waals surface area contributed by atoms with Gasteiger partial charge in [-0.1, -0.05) is 58.0 Å². The van der Waals surface area contributed by atoms with Crippen LogP contribution in [0.5, 0.6) is 0 Å². The molecule has 0 N–H and O–H groups in total. The highest BCUT2D eigenvalue weighted by Gasteiger charge is 2.59. The van der Waals surface area contributed by atoms with Gasteiger partial charge in [0.15, 0.2) is 8.32 Å². The van der Waals surface area contributed by atoms with Crippen molar-refractivity contribution in [3.8, 4) is 0 Å². The summed E-state index contributed by atoms with van der Waals surface area (Å²) >= 11 is 0. The summed E-state index contributed by atoms with van der Waals surface area (Å²) in [6.45, 7) is 19.0. The minimum Gasteiger partial charge on any atom is -0.459 e. The normalized spacial score (nSPS) is 28.1. The summed E-state index contributed by atoms with van der Waals surface area (Å²) in [4.78, 5) is 28.7. The first-order valence-corrected chi connectivity index (χ1v) is 15.5. The molecule has 0 aliphatic carbocycles. The highest BCUT2D eigenvalue weighted by atomic mass is 28.4. The van der Waals surface area contributed by atoms with E-state index in [0.29, 0.717) is 25.9 Å². The van der Waals surface area contributed by atoms with Gasteiger partial charge in [-0.05, 0) is 63.7 Å². The smallest absolute Gasteiger partial charge is 0.319 e. The Morgan fingerprint density at radius 2 is 1.76 bits per heavy atom. The molecule has 0 bridgehead atoms. The predicted octanol–water partition coefficient (Wildman–Crippen LogP) is 5.83. The Morgan fingerprint density at radius 1 is 1.15 bits per heavy atom. The van der Waals surface area contributed by atoms with E-state index in [1.54, 1.807) is 0 Å². The van der Waals surface area contributed by atoms with Crippen molar-refractivity contribution in [2.45, 2.75) is 109 Å². The third kappa shape index (κ3) is 5.26. The number of hydrogen-bond acceptors (Lipinski definition) is 5. The van der Waals surface area contributed by atoms with E-state index in [1.165, 1.54) is 0 Å². The molecule has 1 amide bonds. The average molecular weight is 490 g/mol. The molecule has 1 aromatic carbocycles. The summed E-state index contributed by atoms with van der Waals surface area (Å²) in [7, 11) is -2.07. The first-order valence-electron chi connectivity index (χ1n) is 12.5. The molecule has 0 radical (unpaired) electrons. The van der Waals surface area contributed by atoms with Crippen LogP contribution in [0.3, 0.4) is 0 Å². The lowest BCUT2D eigenvalue weighted by atomic mass is 9.87. The van der Waals surface area contributed by atoms with Gasteiger partial charge in [0.1, 0.15) is 23.3 Å². The largest absolute Gasteiger partial charge is 0.459 e. The second kappa shape index (κ2) is 9.39. The molecule has 190 valence electrons. The van der Waals surface area contributed by atoms with Crippen molar-refractivity contribution in [3.63, 3.8) is 0 Å². The Hall–Kier alpha value is -1.70. The van der Waals surface area contributed by atoms with Crippen molar-refractivity contribution < 1.29 is 23.5 Å². The number of esters is 1. The number of carbonyl (C=O) groups excluding carboxylic acids is 2. The van der Waals surface area contributed by atoms with E-state index in [9.17, 15) is 9.59 Å². The predicted molar refractivity (Wildman–Crippen MR) is 136 cm³/mol. The zero-order chi connectivity index (χ0) is 25.5. The minimum absolute atomic E-state index is 0.0432. The molecule has 2 saturated heterocycles. The first-order chi connectivity index (χ1) is 15.6. The number of carbonyl (C=O) groups is 2. The van der Waals surface area contributed by atoms with Crippen molar-refractivity contribution in [2.24, 2.45) is 5.92 Å². The lowest BCUT2D eigenvalue weighted by molar-refractivity contribution is -0.183. The van der Waals surface area contributed by atoms with Gasteiger partial charge in [0.2, 0.25) is 5.91 Å². The van der Waals surface area contributed by atoms with Crippen LogP contribution in [0.4, 0.5) is 0 Å². The van der Waals surface area contributed by atoms with Crippen molar-refractivity contribution in [3.05, 3.63) is 35.9 Å². The highest BCUT2D eigenvalue weighted by molar-refractivity contribution is 6.74. The Balaban J connectivity index is 1.98. The molecule has 1 unspecified atom stereocenters. The van der Waals surface area contributed by atoms with Crippen molar-refractivity contribution in [1.82, 2.24) is 4.90 Å². The molecule has 0 spiro atoms. The van der Waals surface area contributed by atoms with Crippen molar-refractivity contribution >= 4 is 20.2 Å². The van der Waals surface area contributed by atoms with Gasteiger partial charge in [0, 0.05) is 0 Å². The number of nitrogens with zero attached hydrogens (tertiary/aromatic N) is 1. The number of benzene rings is 1. The maximum absolute atomic E-state index is 13.9. The van der Waals surface area contributed by atoms with E-state index < -0.39 is 31.5 Å². The average Bonchev–Trinajstić information content (AvgIpc) is 3.07. The van der Waals surface area contributed by atoms with E-state index in [4.69, 9.17) is 13.9 Å². The maximum Gasteiger partial charge on any atom is 0.319 e. The molecule has 2 aliphatic rings. The van der Waals surface area contributed by atoms with Gasteiger partial charge in [-0.15, -0.1) is 0 Å². The van der Waals surface area contributed by atoms with Gasteiger partial charge < -0.3 is 18.8 Å². The Kier molecular flexibility index (Phi) is 7.43. The number of piperidine rings is 1. The number of fused-ring (bicyclic) bond motifs is 1. The number of amides is 1. The second-order valence-electron chi connectivity index (χ2n) is 12.2. The monoisotopic (exact) mass is 489 g/mol. The standard InChI is InChI=1S/C27H43NO5Si/c1-10-27-17-16-20(24(30)33-25(2,3)4)23(29)28(27)21(18-31-34(8,9)26(5,6)7)22(32-27)19-14-12-11-13-15-19/h11-15,20-22H,10,16-18H2,1-9H3/t20?,21-,22-,27+/m0/s1.